The second-order valence-electron chi connectivity index (χ2n) is 30.0. The molecule has 4 heterocycles. The fourth-order valence-corrected chi connectivity index (χ4v) is 15.9. The van der Waals surface area contributed by atoms with E-state index >= 15 is 0 Å². The van der Waals surface area contributed by atoms with E-state index in [2.05, 4.69) is 43.7 Å². The van der Waals surface area contributed by atoms with Crippen molar-refractivity contribution in [2.45, 2.75) is 232 Å². The van der Waals surface area contributed by atoms with Gasteiger partial charge in [0.2, 0.25) is 47.3 Å². The molecule has 23 nitrogen and oxygen atoms in total. The van der Waals surface area contributed by atoms with Crippen LogP contribution in [0.1, 0.15) is 175 Å². The standard InChI is InChI=1S/C77H123N11O12S/c1-19-48(7)66(60(97-15)42-63(90)88-37-26-32-59(88)69(100-18)51(10)71(92)82-57(73-80-35-38-101-73)40-52-27-22-21-23-28-52)85(13)74(94)64(46(3)4)83-72(93)56-41-55(44-81-56)54-30-24-29-53(39-54)33-34-79-70(91)50(9)68(99-17)58-31-25-36-87(58)62(89)43-61(98-16)67(49(8)20-2)86(14)75(95)65(47(5)6)84-76(96)77(11,12)45-78/h21-24,27-30,35,38-39,46-51,55-61,64-69,81H,19-20,25-26,31-34,36-37,40-45,78H2,1-18H3,(H,79,91)(H,82,92)(H,83,93)(H,84,96). The van der Waals surface area contributed by atoms with E-state index in [1.165, 1.54) is 11.3 Å². The van der Waals surface area contributed by atoms with Crippen LogP contribution in [0.15, 0.2) is 66.2 Å². The summed E-state index contributed by atoms with van der Waals surface area (Å²) in [6.07, 6.45) is 4.97. The van der Waals surface area contributed by atoms with Gasteiger partial charge in [-0.05, 0) is 105 Å². The summed E-state index contributed by atoms with van der Waals surface area (Å²) in [5, 5.41) is 18.6. The van der Waals surface area contributed by atoms with Crippen LogP contribution in [-0.4, -0.2) is 214 Å². The van der Waals surface area contributed by atoms with Crippen molar-refractivity contribution in [1.82, 2.24) is 51.2 Å². The number of carbonyl (C=O) groups is 8. The number of hydrogen-bond donors (Lipinski definition) is 6. The molecule has 6 rings (SSSR count). The van der Waals surface area contributed by atoms with Gasteiger partial charge in [-0.2, -0.15) is 0 Å². The van der Waals surface area contributed by atoms with Gasteiger partial charge in [0, 0.05) is 86.8 Å². The molecular weight excluding hydrogens is 1300 g/mol. The van der Waals surface area contributed by atoms with Crippen LogP contribution in [0.2, 0.25) is 0 Å². The van der Waals surface area contributed by atoms with Gasteiger partial charge in [0.05, 0.1) is 90.8 Å². The lowest BCUT2D eigenvalue weighted by Gasteiger charge is -2.41. The third kappa shape index (κ3) is 21.6. The number of likely N-dealkylation sites (N-methyl/N-ethyl adjacent to an activating group) is 2. The zero-order valence-electron chi connectivity index (χ0n) is 63.8. The Morgan fingerprint density at radius 2 is 1.20 bits per heavy atom. The van der Waals surface area contributed by atoms with Crippen LogP contribution in [0.25, 0.3) is 0 Å². The number of methoxy groups -OCH3 is 4. The van der Waals surface area contributed by atoms with Gasteiger partial charge in [-0.1, -0.05) is 137 Å². The number of thiazole rings is 1. The van der Waals surface area contributed by atoms with Crippen molar-refractivity contribution in [2.75, 3.05) is 75.3 Å². The molecule has 2 aromatic carbocycles. The van der Waals surface area contributed by atoms with E-state index in [-0.39, 0.29) is 114 Å². The molecule has 3 aliphatic heterocycles. The molecule has 8 amide bonds. The fourth-order valence-electron chi connectivity index (χ4n) is 15.2. The van der Waals surface area contributed by atoms with Crippen LogP contribution in [0.5, 0.6) is 0 Å². The Balaban J connectivity index is 1.02. The molecule has 3 aromatic rings. The molecule has 17 unspecified atom stereocenters. The molecule has 3 saturated heterocycles. The van der Waals surface area contributed by atoms with E-state index in [9.17, 15) is 38.4 Å². The Kier molecular flexibility index (Phi) is 32.6. The van der Waals surface area contributed by atoms with Crippen molar-refractivity contribution in [3.05, 3.63) is 87.9 Å². The topological polar surface area (TPSA) is 285 Å². The quantitative estimate of drug-likeness (QED) is 0.0323. The van der Waals surface area contributed by atoms with Gasteiger partial charge in [-0.3, -0.25) is 38.4 Å². The molecule has 1 aromatic heterocycles. The predicted molar refractivity (Wildman–Crippen MR) is 394 cm³/mol. The lowest BCUT2D eigenvalue weighted by atomic mass is 9.88. The molecule has 0 aliphatic carbocycles. The number of aromatic nitrogens is 1. The number of hydrogen-bond acceptors (Lipinski definition) is 16. The number of amides is 8. The molecule has 7 N–H and O–H groups in total. The number of nitrogens with two attached hydrogens (primary N) is 1. The first-order valence-electron chi connectivity index (χ1n) is 36.9. The fraction of sp³-hybridized carbons (Fsp3) is 0.701. The van der Waals surface area contributed by atoms with Crippen molar-refractivity contribution in [2.24, 2.45) is 46.7 Å². The first-order valence-corrected chi connectivity index (χ1v) is 37.8. The van der Waals surface area contributed by atoms with Gasteiger partial charge in [0.25, 0.3) is 0 Å². The number of ether oxygens (including phenoxy) is 4. The van der Waals surface area contributed by atoms with Crippen LogP contribution >= 0.6 is 11.3 Å². The molecule has 3 fully saturated rings. The van der Waals surface area contributed by atoms with E-state index in [0.29, 0.717) is 71.1 Å². The molecular formula is C77H123N11O12S. The van der Waals surface area contributed by atoms with E-state index in [1.807, 2.05) is 127 Å². The summed E-state index contributed by atoms with van der Waals surface area (Å²) in [6, 6.07) is 13.8. The van der Waals surface area contributed by atoms with Crippen LogP contribution < -0.4 is 32.3 Å². The lowest BCUT2D eigenvalue weighted by molar-refractivity contribution is -0.148. The first-order chi connectivity index (χ1) is 48.0. The Morgan fingerprint density at radius 1 is 0.683 bits per heavy atom. The molecule has 0 bridgehead atoms. The minimum Gasteiger partial charge on any atom is -0.379 e. The van der Waals surface area contributed by atoms with Crippen LogP contribution in [0, 0.1) is 40.9 Å². The number of nitrogens with one attached hydrogen (secondary N) is 5. The second-order valence-corrected chi connectivity index (χ2v) is 30.9. The van der Waals surface area contributed by atoms with E-state index in [4.69, 9.17) is 24.7 Å². The maximum absolute atomic E-state index is 14.9. The Morgan fingerprint density at radius 3 is 1.67 bits per heavy atom. The summed E-state index contributed by atoms with van der Waals surface area (Å²) >= 11 is 1.49. The molecule has 564 valence electrons. The first kappa shape index (κ1) is 83.5. The molecule has 0 saturated carbocycles. The van der Waals surface area contributed by atoms with E-state index in [0.717, 1.165) is 34.5 Å². The molecule has 24 heteroatoms. The molecule has 0 radical (unpaired) electrons. The van der Waals surface area contributed by atoms with Crippen molar-refractivity contribution >= 4 is 58.6 Å². The van der Waals surface area contributed by atoms with Gasteiger partial charge in [0.1, 0.15) is 17.1 Å². The maximum Gasteiger partial charge on any atom is 0.245 e. The van der Waals surface area contributed by atoms with Crippen molar-refractivity contribution in [1.29, 1.82) is 0 Å². The number of carbonyl (C=O) groups excluding carboxylic acids is 8. The molecule has 17 atom stereocenters. The minimum atomic E-state index is -0.872. The highest BCUT2D eigenvalue weighted by Gasteiger charge is 2.46. The minimum absolute atomic E-state index is 0.000805. The van der Waals surface area contributed by atoms with Crippen molar-refractivity contribution in [3.63, 3.8) is 0 Å². The zero-order chi connectivity index (χ0) is 74.6. The maximum atomic E-state index is 14.9. The van der Waals surface area contributed by atoms with Gasteiger partial charge in [-0.15, -0.1) is 11.3 Å². The van der Waals surface area contributed by atoms with Crippen molar-refractivity contribution in [3.8, 4) is 0 Å². The van der Waals surface area contributed by atoms with Crippen LogP contribution in [-0.2, 0) is 70.1 Å². The second kappa shape index (κ2) is 39.5. The third-order valence-electron chi connectivity index (χ3n) is 22.0. The van der Waals surface area contributed by atoms with Crippen LogP contribution in [0.3, 0.4) is 0 Å². The summed E-state index contributed by atoms with van der Waals surface area (Å²) in [4.78, 5) is 126. The lowest BCUT2D eigenvalue weighted by Crippen LogP contribution is -2.59. The Bertz CT molecular complexity index is 3140. The van der Waals surface area contributed by atoms with Crippen molar-refractivity contribution < 1.29 is 57.3 Å². The number of rotatable bonds is 39. The molecule has 0 spiro atoms. The monoisotopic (exact) mass is 1430 g/mol. The van der Waals surface area contributed by atoms with Crippen LogP contribution in [0.4, 0.5) is 0 Å². The zero-order valence-corrected chi connectivity index (χ0v) is 64.6. The average molecular weight is 1430 g/mol. The van der Waals surface area contributed by atoms with E-state index < -0.39 is 71.9 Å². The highest BCUT2D eigenvalue weighted by Crippen LogP contribution is 2.34. The summed E-state index contributed by atoms with van der Waals surface area (Å²) in [7, 11) is 9.73. The average Bonchev–Trinajstić information content (AvgIpc) is 1.80. The third-order valence-corrected chi connectivity index (χ3v) is 22.9. The number of nitrogens with zero attached hydrogens (tertiary/aromatic N) is 5. The molecule has 3 aliphatic rings. The smallest absolute Gasteiger partial charge is 0.245 e. The van der Waals surface area contributed by atoms with Gasteiger partial charge in [-0.25, -0.2) is 4.98 Å². The van der Waals surface area contributed by atoms with Gasteiger partial charge in [0.15, 0.2) is 0 Å². The summed E-state index contributed by atoms with van der Waals surface area (Å²) < 4.78 is 24.4. The van der Waals surface area contributed by atoms with Gasteiger partial charge < -0.3 is 70.9 Å². The Labute approximate surface area is 606 Å². The largest absolute Gasteiger partial charge is 0.379 e. The SMILES string of the molecule is CCC(C)C(C(CC(=O)N1CCCC1C(OC)C(C)C(=O)NC(Cc1ccccc1)c1nccs1)OC)N(C)C(=O)C(NC(=O)C1CC(c2cccc(CCNC(=O)C(C)C(OC)C3CCCN3C(=O)CC(OC)C(C(C)CC)N(C)C(=O)C(NC(=O)C(C)(C)CN)C(C)C)c2)CN1)C(C)C. The summed E-state index contributed by atoms with van der Waals surface area (Å²) in [5.41, 5.74) is 8.17. The normalized spacial score (nSPS) is 21.1. The van der Waals surface area contributed by atoms with Gasteiger partial charge >= 0.3 is 0 Å². The Hall–Kier alpha value is -6.41. The van der Waals surface area contributed by atoms with E-state index in [1.54, 1.807) is 72.4 Å². The summed E-state index contributed by atoms with van der Waals surface area (Å²) in [5.74, 6) is -3.69. The number of benzene rings is 2. The molecule has 101 heavy (non-hydrogen) atoms. The predicted octanol–water partition coefficient (Wildman–Crippen LogP) is 7.45. The summed E-state index contributed by atoms with van der Waals surface area (Å²) in [6.45, 7) is 24.9. The highest BCUT2D eigenvalue weighted by atomic mass is 32.1. The number of likely N-dealkylation sites (tertiary alicyclic amines) is 2. The highest BCUT2D eigenvalue weighted by molar-refractivity contribution is 7.09.